The summed E-state index contributed by atoms with van der Waals surface area (Å²) in [7, 11) is -3.50. The molecule has 1 saturated heterocycles. The molecule has 1 amide bonds. The Morgan fingerprint density at radius 1 is 0.795 bits per heavy atom. The zero-order valence-electron chi connectivity index (χ0n) is 21.8. The molecular weight excluding hydrogens is 510 g/mol. The molecule has 1 aliphatic rings. The van der Waals surface area contributed by atoms with Crippen molar-refractivity contribution in [2.24, 2.45) is 0 Å². The number of hydrogen-bond acceptors (Lipinski definition) is 5. The number of aryl methyl sites for hydroxylation is 1. The van der Waals surface area contributed by atoms with Gasteiger partial charge in [0.15, 0.2) is 0 Å². The third-order valence-electron chi connectivity index (χ3n) is 6.68. The minimum atomic E-state index is -3.50. The van der Waals surface area contributed by atoms with Crippen LogP contribution in [0.1, 0.15) is 21.5 Å². The van der Waals surface area contributed by atoms with Crippen LogP contribution in [0.4, 0.5) is 5.69 Å². The van der Waals surface area contributed by atoms with E-state index in [1.54, 1.807) is 22.5 Å². The Bertz CT molecular complexity index is 1510. The van der Waals surface area contributed by atoms with E-state index in [0.717, 1.165) is 16.9 Å². The zero-order valence-corrected chi connectivity index (χ0v) is 22.6. The number of nitrogens with zero attached hydrogens (tertiary/aromatic N) is 2. The van der Waals surface area contributed by atoms with Crippen LogP contribution in [0.3, 0.4) is 0 Å². The lowest BCUT2D eigenvalue weighted by molar-refractivity contribution is 0.102. The number of carbonyl (C=O) groups excluding carboxylic acids is 1. The first-order valence-corrected chi connectivity index (χ1v) is 14.3. The first kappa shape index (κ1) is 26.6. The molecule has 7 nitrogen and oxygen atoms in total. The number of carbonyl (C=O) groups is 1. The van der Waals surface area contributed by atoms with Crippen LogP contribution in [-0.4, -0.2) is 49.7 Å². The van der Waals surface area contributed by atoms with E-state index in [0.29, 0.717) is 54.6 Å². The van der Waals surface area contributed by atoms with E-state index in [1.807, 2.05) is 91.9 Å². The van der Waals surface area contributed by atoms with E-state index in [9.17, 15) is 13.2 Å². The number of benzene rings is 4. The second kappa shape index (κ2) is 11.8. The molecule has 0 unspecified atom stereocenters. The molecule has 0 aromatic heterocycles. The van der Waals surface area contributed by atoms with Gasteiger partial charge in [-0.3, -0.25) is 9.69 Å². The number of ether oxygens (including phenoxy) is 1. The Hall–Kier alpha value is -3.98. The first-order chi connectivity index (χ1) is 18.9. The molecule has 1 heterocycles. The van der Waals surface area contributed by atoms with E-state index < -0.39 is 10.0 Å². The minimum Gasteiger partial charge on any atom is -0.457 e. The van der Waals surface area contributed by atoms with Crippen LogP contribution in [0.2, 0.25) is 0 Å². The van der Waals surface area contributed by atoms with Gasteiger partial charge in [0.1, 0.15) is 11.5 Å². The summed E-state index contributed by atoms with van der Waals surface area (Å²) in [5.74, 6) is 1.25. The summed E-state index contributed by atoms with van der Waals surface area (Å²) in [5, 5.41) is 2.94. The summed E-state index contributed by atoms with van der Waals surface area (Å²) in [6.07, 6.45) is 0. The van der Waals surface area contributed by atoms with E-state index in [2.05, 4.69) is 10.2 Å². The first-order valence-electron chi connectivity index (χ1n) is 12.9. The maximum Gasteiger partial charge on any atom is 0.255 e. The number of para-hydroxylation sites is 1. The molecule has 1 N–H and O–H groups in total. The van der Waals surface area contributed by atoms with Crippen LogP contribution in [-0.2, 0) is 16.6 Å². The monoisotopic (exact) mass is 541 g/mol. The largest absolute Gasteiger partial charge is 0.457 e. The van der Waals surface area contributed by atoms with Gasteiger partial charge in [-0.15, -0.1) is 0 Å². The van der Waals surface area contributed by atoms with Crippen molar-refractivity contribution >= 4 is 21.6 Å². The highest BCUT2D eigenvalue weighted by molar-refractivity contribution is 7.89. The lowest BCUT2D eigenvalue weighted by atomic mass is 10.1. The van der Waals surface area contributed by atoms with Gasteiger partial charge >= 0.3 is 0 Å². The number of piperazine rings is 1. The Morgan fingerprint density at radius 2 is 1.46 bits per heavy atom. The molecule has 4 aromatic carbocycles. The van der Waals surface area contributed by atoms with Crippen LogP contribution < -0.4 is 10.1 Å². The Balaban J connectivity index is 1.15. The number of rotatable bonds is 8. The molecule has 5 rings (SSSR count). The highest BCUT2D eigenvalue weighted by Gasteiger charge is 2.28. The van der Waals surface area contributed by atoms with Crippen molar-refractivity contribution in [3.63, 3.8) is 0 Å². The highest BCUT2D eigenvalue weighted by Crippen LogP contribution is 2.23. The molecule has 0 atom stereocenters. The van der Waals surface area contributed by atoms with Crippen molar-refractivity contribution in [1.82, 2.24) is 9.21 Å². The van der Waals surface area contributed by atoms with Gasteiger partial charge in [-0.05, 0) is 73.2 Å². The van der Waals surface area contributed by atoms with Gasteiger partial charge in [0.2, 0.25) is 10.0 Å². The maximum absolute atomic E-state index is 13.0. The SMILES string of the molecule is Cc1ccc(S(=O)(=O)N2CCN(Cc3cccc(C(=O)Nc4ccc(Oc5ccccc5)cc4)c3)CC2)cc1. The third-order valence-corrected chi connectivity index (χ3v) is 8.59. The summed E-state index contributed by atoms with van der Waals surface area (Å²) in [5.41, 5.74) is 3.28. The molecule has 1 fully saturated rings. The average molecular weight is 542 g/mol. The van der Waals surface area contributed by atoms with Gasteiger partial charge in [0, 0.05) is 44.0 Å². The van der Waals surface area contributed by atoms with Gasteiger partial charge in [-0.1, -0.05) is 48.0 Å². The quantitative estimate of drug-likeness (QED) is 0.317. The molecule has 0 bridgehead atoms. The van der Waals surface area contributed by atoms with E-state index in [4.69, 9.17) is 4.74 Å². The van der Waals surface area contributed by atoms with Crippen LogP contribution in [0, 0.1) is 6.92 Å². The molecule has 200 valence electrons. The zero-order chi connectivity index (χ0) is 27.2. The van der Waals surface area contributed by atoms with E-state index in [-0.39, 0.29) is 5.91 Å². The van der Waals surface area contributed by atoms with Crippen molar-refractivity contribution in [3.05, 3.63) is 120 Å². The fourth-order valence-electron chi connectivity index (χ4n) is 4.49. The third kappa shape index (κ3) is 6.72. The van der Waals surface area contributed by atoms with Gasteiger partial charge in [-0.25, -0.2) is 8.42 Å². The topological polar surface area (TPSA) is 79.0 Å². The summed E-state index contributed by atoms with van der Waals surface area (Å²) >= 11 is 0. The minimum absolute atomic E-state index is 0.192. The van der Waals surface area contributed by atoms with Gasteiger partial charge in [-0.2, -0.15) is 4.31 Å². The number of sulfonamides is 1. The molecule has 39 heavy (non-hydrogen) atoms. The number of hydrogen-bond donors (Lipinski definition) is 1. The smallest absolute Gasteiger partial charge is 0.255 e. The lowest BCUT2D eigenvalue weighted by Gasteiger charge is -2.34. The molecule has 8 heteroatoms. The van der Waals surface area contributed by atoms with Gasteiger partial charge in [0.25, 0.3) is 5.91 Å². The molecule has 0 saturated carbocycles. The van der Waals surface area contributed by atoms with Crippen molar-refractivity contribution in [2.45, 2.75) is 18.4 Å². The van der Waals surface area contributed by atoms with Crippen molar-refractivity contribution in [1.29, 1.82) is 0 Å². The van der Waals surface area contributed by atoms with Gasteiger partial charge < -0.3 is 10.1 Å². The summed E-state index contributed by atoms with van der Waals surface area (Å²) in [6.45, 7) is 4.69. The molecular formula is C31H31N3O4S. The Kier molecular flexibility index (Phi) is 8.07. The summed E-state index contributed by atoms with van der Waals surface area (Å²) in [6, 6.07) is 31.3. The lowest BCUT2D eigenvalue weighted by Crippen LogP contribution is -2.48. The average Bonchev–Trinajstić information content (AvgIpc) is 2.95. The van der Waals surface area contributed by atoms with Crippen LogP contribution >= 0.6 is 0 Å². The van der Waals surface area contributed by atoms with Crippen LogP contribution in [0.25, 0.3) is 0 Å². The van der Waals surface area contributed by atoms with Crippen LogP contribution in [0.15, 0.2) is 108 Å². The standard InChI is InChI=1S/C31H31N3O4S/c1-24-10-16-30(17-11-24)39(36,37)34-20-18-33(19-21-34)23-25-6-5-7-26(22-25)31(35)32-27-12-14-29(15-13-27)38-28-8-3-2-4-9-28/h2-17,22H,18-21,23H2,1H3,(H,32,35). The van der Waals surface area contributed by atoms with Crippen molar-refractivity contribution in [3.8, 4) is 11.5 Å². The highest BCUT2D eigenvalue weighted by atomic mass is 32.2. The number of anilines is 1. The van der Waals surface area contributed by atoms with Crippen molar-refractivity contribution < 1.29 is 17.9 Å². The number of nitrogens with one attached hydrogen (secondary N) is 1. The molecule has 4 aromatic rings. The normalized spacial score (nSPS) is 14.6. The van der Waals surface area contributed by atoms with E-state index >= 15 is 0 Å². The molecule has 0 radical (unpaired) electrons. The second-order valence-corrected chi connectivity index (χ2v) is 11.5. The fraction of sp³-hybridized carbons (Fsp3) is 0.194. The Morgan fingerprint density at radius 3 is 2.15 bits per heavy atom. The van der Waals surface area contributed by atoms with Crippen molar-refractivity contribution in [2.75, 3.05) is 31.5 Å². The maximum atomic E-state index is 13.0. The second-order valence-electron chi connectivity index (χ2n) is 9.59. The molecule has 0 aliphatic carbocycles. The summed E-state index contributed by atoms with van der Waals surface area (Å²) < 4.78 is 33.3. The molecule has 1 aliphatic heterocycles. The predicted molar refractivity (Wildman–Crippen MR) is 153 cm³/mol. The number of amides is 1. The van der Waals surface area contributed by atoms with Gasteiger partial charge in [0.05, 0.1) is 4.90 Å². The fourth-order valence-corrected chi connectivity index (χ4v) is 5.91. The van der Waals surface area contributed by atoms with Crippen LogP contribution in [0.5, 0.6) is 11.5 Å². The summed E-state index contributed by atoms with van der Waals surface area (Å²) in [4.78, 5) is 15.5. The molecule has 0 spiro atoms. The predicted octanol–water partition coefficient (Wildman–Crippen LogP) is 5.55. The Labute approximate surface area is 229 Å². The van der Waals surface area contributed by atoms with E-state index in [1.165, 1.54) is 0 Å².